The van der Waals surface area contributed by atoms with E-state index in [1.165, 1.54) is 6.07 Å². The van der Waals surface area contributed by atoms with E-state index in [4.69, 9.17) is 10.5 Å². The molecule has 1 saturated heterocycles. The van der Waals surface area contributed by atoms with Gasteiger partial charge in [-0.1, -0.05) is 19.1 Å². The first kappa shape index (κ1) is 14.4. The number of benzene rings is 1. The molecule has 0 radical (unpaired) electrons. The second-order valence-electron chi connectivity index (χ2n) is 5.13. The average molecular weight is 266 g/mol. The molecule has 1 aromatic rings. The van der Waals surface area contributed by atoms with E-state index in [0.29, 0.717) is 18.2 Å². The van der Waals surface area contributed by atoms with E-state index >= 15 is 0 Å². The number of hydrogen-bond acceptors (Lipinski definition) is 3. The van der Waals surface area contributed by atoms with E-state index < -0.39 is 0 Å². The van der Waals surface area contributed by atoms with E-state index in [-0.39, 0.29) is 11.9 Å². The van der Waals surface area contributed by atoms with Crippen LogP contribution in [0.4, 0.5) is 4.39 Å². The SMILES string of the molecule is CCC1COCCN1C(CN)c1ccc(F)c(C)c1. The maximum atomic E-state index is 13.4. The number of aryl methyl sites for hydroxylation is 1. The Balaban J connectivity index is 2.24. The van der Waals surface area contributed by atoms with E-state index in [1.807, 2.05) is 12.1 Å². The highest BCUT2D eigenvalue weighted by Crippen LogP contribution is 2.26. The van der Waals surface area contributed by atoms with Crippen molar-refractivity contribution in [2.24, 2.45) is 5.73 Å². The van der Waals surface area contributed by atoms with Crippen molar-refractivity contribution in [3.8, 4) is 0 Å². The van der Waals surface area contributed by atoms with Crippen LogP contribution in [0.15, 0.2) is 18.2 Å². The summed E-state index contributed by atoms with van der Waals surface area (Å²) in [6, 6.07) is 5.84. The van der Waals surface area contributed by atoms with Gasteiger partial charge in [0, 0.05) is 25.2 Å². The molecule has 0 aliphatic carbocycles. The molecule has 0 saturated carbocycles. The van der Waals surface area contributed by atoms with Crippen molar-refractivity contribution in [3.05, 3.63) is 35.1 Å². The maximum absolute atomic E-state index is 13.4. The summed E-state index contributed by atoms with van der Waals surface area (Å²) < 4.78 is 18.9. The van der Waals surface area contributed by atoms with Crippen molar-refractivity contribution in [2.75, 3.05) is 26.3 Å². The largest absolute Gasteiger partial charge is 0.378 e. The van der Waals surface area contributed by atoms with Crippen LogP contribution < -0.4 is 5.73 Å². The van der Waals surface area contributed by atoms with Gasteiger partial charge in [-0.25, -0.2) is 4.39 Å². The predicted octanol–water partition coefficient (Wildman–Crippen LogP) is 2.24. The van der Waals surface area contributed by atoms with Gasteiger partial charge in [-0.2, -0.15) is 0 Å². The third kappa shape index (κ3) is 3.14. The molecule has 1 aliphatic rings. The standard InChI is InChI=1S/C15H23FN2O/c1-3-13-10-19-7-6-18(13)15(9-17)12-4-5-14(16)11(2)8-12/h4-5,8,13,15H,3,6-7,9-10,17H2,1-2H3. The minimum Gasteiger partial charge on any atom is -0.378 e. The second-order valence-corrected chi connectivity index (χ2v) is 5.13. The first-order valence-corrected chi connectivity index (χ1v) is 6.97. The number of nitrogens with zero attached hydrogens (tertiary/aromatic N) is 1. The van der Waals surface area contributed by atoms with Gasteiger partial charge in [-0.15, -0.1) is 0 Å². The van der Waals surface area contributed by atoms with Crippen LogP contribution in [0.2, 0.25) is 0 Å². The van der Waals surface area contributed by atoms with Crippen LogP contribution in [-0.2, 0) is 4.74 Å². The molecule has 106 valence electrons. The predicted molar refractivity (Wildman–Crippen MR) is 74.5 cm³/mol. The number of rotatable bonds is 4. The Labute approximate surface area is 114 Å². The van der Waals surface area contributed by atoms with Crippen molar-refractivity contribution < 1.29 is 9.13 Å². The van der Waals surface area contributed by atoms with Gasteiger partial charge in [0.25, 0.3) is 0 Å². The van der Waals surface area contributed by atoms with Crippen molar-refractivity contribution in [1.29, 1.82) is 0 Å². The van der Waals surface area contributed by atoms with Crippen LogP contribution in [0.25, 0.3) is 0 Å². The lowest BCUT2D eigenvalue weighted by Gasteiger charge is -2.40. The smallest absolute Gasteiger partial charge is 0.126 e. The van der Waals surface area contributed by atoms with Crippen molar-refractivity contribution in [3.63, 3.8) is 0 Å². The van der Waals surface area contributed by atoms with E-state index in [1.54, 1.807) is 6.92 Å². The van der Waals surface area contributed by atoms with Crippen LogP contribution >= 0.6 is 0 Å². The summed E-state index contributed by atoms with van der Waals surface area (Å²) in [5.74, 6) is -0.159. The Morgan fingerprint density at radius 2 is 2.32 bits per heavy atom. The number of hydrogen-bond donors (Lipinski definition) is 1. The summed E-state index contributed by atoms with van der Waals surface area (Å²) >= 11 is 0. The van der Waals surface area contributed by atoms with Gasteiger partial charge in [-0.3, -0.25) is 4.90 Å². The summed E-state index contributed by atoms with van der Waals surface area (Å²) in [7, 11) is 0. The first-order valence-electron chi connectivity index (χ1n) is 6.97. The van der Waals surface area contributed by atoms with Gasteiger partial charge in [0.15, 0.2) is 0 Å². The number of morpholine rings is 1. The van der Waals surface area contributed by atoms with Crippen molar-refractivity contribution >= 4 is 0 Å². The Morgan fingerprint density at radius 1 is 1.53 bits per heavy atom. The molecular formula is C15H23FN2O. The fourth-order valence-electron chi connectivity index (χ4n) is 2.77. The third-order valence-corrected chi connectivity index (χ3v) is 3.93. The Bertz CT molecular complexity index is 425. The topological polar surface area (TPSA) is 38.5 Å². The lowest BCUT2D eigenvalue weighted by Crippen LogP contribution is -2.48. The van der Waals surface area contributed by atoms with Crippen LogP contribution in [-0.4, -0.2) is 37.2 Å². The van der Waals surface area contributed by atoms with Gasteiger partial charge in [0.2, 0.25) is 0 Å². The van der Waals surface area contributed by atoms with Crippen LogP contribution in [0.5, 0.6) is 0 Å². The zero-order chi connectivity index (χ0) is 13.8. The van der Waals surface area contributed by atoms with E-state index in [0.717, 1.165) is 31.7 Å². The summed E-state index contributed by atoms with van der Waals surface area (Å²) in [6.07, 6.45) is 1.04. The minimum absolute atomic E-state index is 0.146. The molecule has 1 heterocycles. The van der Waals surface area contributed by atoms with Gasteiger partial charge in [-0.05, 0) is 30.5 Å². The molecule has 0 bridgehead atoms. The average Bonchev–Trinajstić information content (AvgIpc) is 2.44. The monoisotopic (exact) mass is 266 g/mol. The Kier molecular flexibility index (Phi) is 4.91. The van der Waals surface area contributed by atoms with Crippen molar-refractivity contribution in [2.45, 2.75) is 32.4 Å². The molecule has 2 atom stereocenters. The highest BCUT2D eigenvalue weighted by Gasteiger charge is 2.28. The van der Waals surface area contributed by atoms with Gasteiger partial charge < -0.3 is 10.5 Å². The molecule has 1 aliphatic heterocycles. The highest BCUT2D eigenvalue weighted by atomic mass is 19.1. The fraction of sp³-hybridized carbons (Fsp3) is 0.600. The molecule has 2 rings (SSSR count). The Morgan fingerprint density at radius 3 is 2.95 bits per heavy atom. The molecule has 1 aromatic carbocycles. The molecule has 19 heavy (non-hydrogen) atoms. The molecule has 2 N–H and O–H groups in total. The molecule has 4 heteroatoms. The van der Waals surface area contributed by atoms with E-state index in [9.17, 15) is 4.39 Å². The molecule has 0 aromatic heterocycles. The molecule has 0 spiro atoms. The normalized spacial score (nSPS) is 22.4. The third-order valence-electron chi connectivity index (χ3n) is 3.93. The van der Waals surface area contributed by atoms with Crippen LogP contribution in [0.3, 0.4) is 0 Å². The number of ether oxygens (including phenoxy) is 1. The van der Waals surface area contributed by atoms with Crippen molar-refractivity contribution in [1.82, 2.24) is 4.90 Å². The lowest BCUT2D eigenvalue weighted by atomic mass is 9.99. The number of nitrogens with two attached hydrogens (primary N) is 1. The summed E-state index contributed by atoms with van der Waals surface area (Å²) in [4.78, 5) is 2.40. The van der Waals surface area contributed by atoms with Crippen LogP contribution in [0, 0.1) is 12.7 Å². The highest BCUT2D eigenvalue weighted by molar-refractivity contribution is 5.27. The quantitative estimate of drug-likeness (QED) is 0.908. The maximum Gasteiger partial charge on any atom is 0.126 e. The minimum atomic E-state index is -0.159. The van der Waals surface area contributed by atoms with Gasteiger partial charge >= 0.3 is 0 Å². The summed E-state index contributed by atoms with van der Waals surface area (Å²) in [5, 5.41) is 0. The van der Waals surface area contributed by atoms with Gasteiger partial charge in [0.05, 0.1) is 13.2 Å². The summed E-state index contributed by atoms with van der Waals surface area (Å²) in [5.41, 5.74) is 7.74. The Hall–Kier alpha value is -0.970. The molecule has 3 nitrogen and oxygen atoms in total. The zero-order valence-corrected chi connectivity index (χ0v) is 11.7. The van der Waals surface area contributed by atoms with Gasteiger partial charge in [0.1, 0.15) is 5.82 Å². The lowest BCUT2D eigenvalue weighted by molar-refractivity contribution is -0.0291. The first-order chi connectivity index (χ1) is 9.17. The fourth-order valence-corrected chi connectivity index (χ4v) is 2.77. The second kappa shape index (κ2) is 6.46. The molecule has 1 fully saturated rings. The van der Waals surface area contributed by atoms with E-state index in [2.05, 4.69) is 11.8 Å². The summed E-state index contributed by atoms with van der Waals surface area (Å²) in [6.45, 7) is 6.89. The molecular weight excluding hydrogens is 243 g/mol. The number of halogens is 1. The zero-order valence-electron chi connectivity index (χ0n) is 11.7. The molecule has 0 amide bonds. The van der Waals surface area contributed by atoms with Crippen LogP contribution in [0.1, 0.15) is 30.5 Å². The molecule has 2 unspecified atom stereocenters.